The molecule has 196 valence electrons. The van der Waals surface area contributed by atoms with E-state index in [0.29, 0.717) is 0 Å². The fourth-order valence-electron chi connectivity index (χ4n) is 7.06. The zero-order valence-corrected chi connectivity index (χ0v) is 24.0. The van der Waals surface area contributed by atoms with E-state index >= 15 is 4.57 Å². The largest absolute Gasteiger partial charge is 0.309 e. The summed E-state index contributed by atoms with van der Waals surface area (Å²) in [5, 5.41) is 9.84. The fourth-order valence-corrected chi connectivity index (χ4v) is 9.73. The first-order chi connectivity index (χ1) is 20.0. The minimum Gasteiger partial charge on any atom is -0.309 e. The van der Waals surface area contributed by atoms with Gasteiger partial charge >= 0.3 is 0 Å². The molecular formula is C39H29OP. The van der Waals surface area contributed by atoms with E-state index in [0.717, 1.165) is 21.3 Å². The van der Waals surface area contributed by atoms with Crippen LogP contribution in [0.2, 0.25) is 0 Å². The van der Waals surface area contributed by atoms with Crippen molar-refractivity contribution >= 4 is 55.4 Å². The number of hydrogen-bond acceptors (Lipinski definition) is 1. The minimum atomic E-state index is -3.09. The molecule has 0 fully saturated rings. The molecular weight excluding hydrogens is 515 g/mol. The third-order valence-electron chi connectivity index (χ3n) is 9.13. The van der Waals surface area contributed by atoms with Crippen LogP contribution in [0.5, 0.6) is 0 Å². The van der Waals surface area contributed by atoms with Gasteiger partial charge in [-0.05, 0) is 72.8 Å². The van der Waals surface area contributed by atoms with E-state index in [1.807, 2.05) is 60.7 Å². The summed E-state index contributed by atoms with van der Waals surface area (Å²) in [5.74, 6) is 0. The van der Waals surface area contributed by atoms with Crippen molar-refractivity contribution in [3.05, 3.63) is 151 Å². The standard InChI is InChI=1S/C39H29OP/c1-39(2)37-20-12-11-19-32(37)36-24-34-31-22-21-28(23-33(31)29-17-9-10-18-30(29)35(34)25-38(36)39)41(40,26-13-5-3-6-14-26)27-15-7-4-8-16-27/h3-25H,1-2H3. The third kappa shape index (κ3) is 3.40. The molecule has 1 aliphatic carbocycles. The molecule has 41 heavy (non-hydrogen) atoms. The van der Waals surface area contributed by atoms with Crippen LogP contribution in [0.3, 0.4) is 0 Å². The molecule has 0 aromatic heterocycles. The average molecular weight is 545 g/mol. The van der Waals surface area contributed by atoms with Gasteiger partial charge in [0.1, 0.15) is 0 Å². The quantitative estimate of drug-likeness (QED) is 0.160. The Bertz CT molecular complexity index is 2150. The maximum Gasteiger partial charge on any atom is 0.171 e. The molecule has 1 nitrogen and oxygen atoms in total. The first-order valence-electron chi connectivity index (χ1n) is 14.2. The SMILES string of the molecule is CC1(C)c2ccccc2-c2cc3c4ccc(P(=O)(c5ccccc5)c5ccccc5)cc4c4ccccc4c3cc21. The molecule has 0 heterocycles. The molecule has 8 rings (SSSR count). The summed E-state index contributed by atoms with van der Waals surface area (Å²) in [7, 11) is -3.09. The minimum absolute atomic E-state index is 0.0575. The van der Waals surface area contributed by atoms with Gasteiger partial charge in [-0.1, -0.05) is 135 Å². The lowest BCUT2D eigenvalue weighted by atomic mass is 9.81. The molecule has 0 unspecified atom stereocenters. The summed E-state index contributed by atoms with van der Waals surface area (Å²) in [4.78, 5) is 0. The Hall–Kier alpha value is -4.45. The van der Waals surface area contributed by atoms with Crippen molar-refractivity contribution in [2.75, 3.05) is 0 Å². The van der Waals surface area contributed by atoms with Crippen LogP contribution in [0.1, 0.15) is 25.0 Å². The van der Waals surface area contributed by atoms with Gasteiger partial charge in [0.15, 0.2) is 7.14 Å². The normalized spacial score (nSPS) is 13.9. The molecule has 2 heteroatoms. The molecule has 0 saturated heterocycles. The number of hydrogen-bond donors (Lipinski definition) is 0. The van der Waals surface area contributed by atoms with E-state index in [9.17, 15) is 0 Å². The average Bonchev–Trinajstić information content (AvgIpc) is 3.26. The molecule has 0 saturated carbocycles. The second-order valence-electron chi connectivity index (χ2n) is 11.7. The fraction of sp³-hybridized carbons (Fsp3) is 0.0769. The predicted octanol–water partition coefficient (Wildman–Crippen LogP) is 9.09. The Morgan fingerprint density at radius 1 is 0.415 bits per heavy atom. The van der Waals surface area contributed by atoms with Gasteiger partial charge in [0.2, 0.25) is 0 Å². The van der Waals surface area contributed by atoms with Crippen LogP contribution in [0.15, 0.2) is 140 Å². The molecule has 0 amide bonds. The lowest BCUT2D eigenvalue weighted by Gasteiger charge is -2.23. The second kappa shape index (κ2) is 8.77. The summed E-state index contributed by atoms with van der Waals surface area (Å²) in [6, 6.07) is 48.7. The molecule has 7 aromatic rings. The monoisotopic (exact) mass is 544 g/mol. The van der Waals surface area contributed by atoms with Crippen LogP contribution in [-0.2, 0) is 9.98 Å². The van der Waals surface area contributed by atoms with Crippen molar-refractivity contribution in [1.82, 2.24) is 0 Å². The Labute approximate surface area is 240 Å². The van der Waals surface area contributed by atoms with Crippen molar-refractivity contribution in [1.29, 1.82) is 0 Å². The van der Waals surface area contributed by atoms with Crippen LogP contribution in [0, 0.1) is 0 Å². The first kappa shape index (κ1) is 24.4. The highest BCUT2D eigenvalue weighted by Crippen LogP contribution is 2.51. The van der Waals surface area contributed by atoms with E-state index in [4.69, 9.17) is 0 Å². The van der Waals surface area contributed by atoms with Crippen LogP contribution in [0.4, 0.5) is 0 Å². The molecule has 0 spiro atoms. The summed E-state index contributed by atoms with van der Waals surface area (Å²) in [6.45, 7) is 4.67. The molecule has 0 bridgehead atoms. The summed E-state index contributed by atoms with van der Waals surface area (Å²) in [5.41, 5.74) is 5.35. The van der Waals surface area contributed by atoms with Crippen molar-refractivity contribution in [3.63, 3.8) is 0 Å². The van der Waals surface area contributed by atoms with Gasteiger partial charge in [0.05, 0.1) is 0 Å². The third-order valence-corrected chi connectivity index (χ3v) is 12.2. The Morgan fingerprint density at radius 3 is 1.59 bits per heavy atom. The lowest BCUT2D eigenvalue weighted by Crippen LogP contribution is -2.24. The summed E-state index contributed by atoms with van der Waals surface area (Å²) in [6.07, 6.45) is 0. The van der Waals surface area contributed by atoms with E-state index in [1.165, 1.54) is 49.2 Å². The molecule has 0 N–H and O–H groups in total. The number of fused-ring (bicyclic) bond motifs is 9. The molecule has 7 aromatic carbocycles. The van der Waals surface area contributed by atoms with Gasteiger partial charge in [-0.3, -0.25) is 0 Å². The Balaban J connectivity index is 1.47. The number of benzene rings is 7. The topological polar surface area (TPSA) is 17.1 Å². The Morgan fingerprint density at radius 2 is 0.927 bits per heavy atom. The van der Waals surface area contributed by atoms with Crippen LogP contribution < -0.4 is 15.9 Å². The molecule has 0 atom stereocenters. The highest BCUT2D eigenvalue weighted by atomic mass is 31.2. The molecule has 0 radical (unpaired) electrons. The van der Waals surface area contributed by atoms with E-state index in [2.05, 4.69) is 92.7 Å². The van der Waals surface area contributed by atoms with Gasteiger partial charge in [0.25, 0.3) is 0 Å². The zero-order valence-electron chi connectivity index (χ0n) is 23.1. The maximum atomic E-state index is 15.2. The van der Waals surface area contributed by atoms with Gasteiger partial charge < -0.3 is 4.57 Å². The van der Waals surface area contributed by atoms with Crippen LogP contribution in [0.25, 0.3) is 43.4 Å². The van der Waals surface area contributed by atoms with Crippen molar-refractivity contribution in [2.45, 2.75) is 19.3 Å². The van der Waals surface area contributed by atoms with Crippen molar-refractivity contribution < 1.29 is 4.57 Å². The first-order valence-corrected chi connectivity index (χ1v) is 15.9. The van der Waals surface area contributed by atoms with Crippen molar-refractivity contribution in [3.8, 4) is 11.1 Å². The van der Waals surface area contributed by atoms with E-state index in [-0.39, 0.29) is 5.41 Å². The molecule has 0 aliphatic heterocycles. The van der Waals surface area contributed by atoms with Gasteiger partial charge in [-0.25, -0.2) is 0 Å². The summed E-state index contributed by atoms with van der Waals surface area (Å²) >= 11 is 0. The van der Waals surface area contributed by atoms with Gasteiger partial charge in [-0.15, -0.1) is 0 Å². The van der Waals surface area contributed by atoms with Gasteiger partial charge in [0, 0.05) is 21.3 Å². The highest BCUT2D eigenvalue weighted by Gasteiger charge is 2.36. The zero-order chi connectivity index (χ0) is 27.8. The van der Waals surface area contributed by atoms with E-state index in [1.54, 1.807) is 0 Å². The highest BCUT2D eigenvalue weighted by molar-refractivity contribution is 7.85. The van der Waals surface area contributed by atoms with Crippen molar-refractivity contribution in [2.24, 2.45) is 0 Å². The van der Waals surface area contributed by atoms with Crippen LogP contribution >= 0.6 is 7.14 Å². The van der Waals surface area contributed by atoms with E-state index < -0.39 is 7.14 Å². The predicted molar refractivity (Wildman–Crippen MR) is 176 cm³/mol. The molecule has 1 aliphatic rings. The number of rotatable bonds is 3. The van der Waals surface area contributed by atoms with Gasteiger partial charge in [-0.2, -0.15) is 0 Å². The smallest absolute Gasteiger partial charge is 0.171 e. The Kier molecular flexibility index (Phi) is 5.21. The lowest BCUT2D eigenvalue weighted by molar-refractivity contribution is 0.592. The van der Waals surface area contributed by atoms with Crippen LogP contribution in [-0.4, -0.2) is 0 Å². The maximum absolute atomic E-state index is 15.2. The summed E-state index contributed by atoms with van der Waals surface area (Å²) < 4.78 is 15.2. The second-order valence-corrected chi connectivity index (χ2v) is 14.4.